The van der Waals surface area contributed by atoms with Crippen LogP contribution in [0.3, 0.4) is 0 Å². The molecule has 2 N–H and O–H groups in total. The van der Waals surface area contributed by atoms with Gasteiger partial charge >= 0.3 is 0 Å². The van der Waals surface area contributed by atoms with Crippen LogP contribution in [0.1, 0.15) is 11.1 Å². The van der Waals surface area contributed by atoms with Crippen LogP contribution in [0.25, 0.3) is 17.0 Å². The molecule has 2 aromatic rings. The van der Waals surface area contributed by atoms with Crippen molar-refractivity contribution in [3.05, 3.63) is 40.4 Å². The summed E-state index contributed by atoms with van der Waals surface area (Å²) in [5, 5.41) is 10.3. The number of benzene rings is 1. The second-order valence-corrected chi connectivity index (χ2v) is 6.34. The molecule has 0 radical (unpaired) electrons. The van der Waals surface area contributed by atoms with Crippen molar-refractivity contribution in [1.82, 2.24) is 4.98 Å². The van der Waals surface area contributed by atoms with E-state index in [0.29, 0.717) is 10.5 Å². The molecule has 1 aromatic carbocycles. The summed E-state index contributed by atoms with van der Waals surface area (Å²) < 4.78 is 0. The van der Waals surface area contributed by atoms with Gasteiger partial charge in [-0.05, 0) is 41.8 Å². The van der Waals surface area contributed by atoms with E-state index in [1.807, 2.05) is 24.5 Å². The molecule has 1 aromatic heterocycles. The van der Waals surface area contributed by atoms with Gasteiger partial charge in [-0.15, -0.1) is 11.8 Å². The first kappa shape index (κ1) is 14.6. The van der Waals surface area contributed by atoms with Crippen LogP contribution in [0.4, 0.5) is 0 Å². The number of rotatable bonds is 2. The maximum atomic E-state index is 11.7. The number of carbonyl (C=O) groups excluding carboxylic acids is 1. The molecule has 1 aliphatic rings. The van der Waals surface area contributed by atoms with E-state index in [2.05, 4.69) is 16.0 Å². The zero-order valence-corrected chi connectivity index (χ0v) is 13.2. The van der Waals surface area contributed by atoms with E-state index in [-0.39, 0.29) is 11.1 Å². The number of amides is 1. The number of carbonyl (C=O) groups is 1. The van der Waals surface area contributed by atoms with E-state index in [9.17, 15) is 10.1 Å². The predicted octanol–water partition coefficient (Wildman–Crippen LogP) is 2.76. The molecule has 1 aliphatic heterocycles. The van der Waals surface area contributed by atoms with E-state index in [0.717, 1.165) is 33.1 Å². The Balaban J connectivity index is 2.12. The highest BCUT2D eigenvalue weighted by molar-refractivity contribution is 8.18. The topological polar surface area (TPSA) is 92.1 Å². The summed E-state index contributed by atoms with van der Waals surface area (Å²) in [6, 6.07) is 7.82. The summed E-state index contributed by atoms with van der Waals surface area (Å²) in [7, 11) is 0. The van der Waals surface area contributed by atoms with E-state index < -0.39 is 0 Å². The van der Waals surface area contributed by atoms with Crippen LogP contribution in [0.15, 0.2) is 39.2 Å². The van der Waals surface area contributed by atoms with Crippen LogP contribution in [0.5, 0.6) is 0 Å². The van der Waals surface area contributed by atoms with Gasteiger partial charge in [-0.1, -0.05) is 6.07 Å². The Kier molecular flexibility index (Phi) is 3.88. The van der Waals surface area contributed by atoms with Gasteiger partial charge in [-0.3, -0.25) is 9.78 Å². The fourth-order valence-corrected chi connectivity index (χ4v) is 3.54. The molecule has 0 unspecified atom stereocenters. The third kappa shape index (κ3) is 2.58. The van der Waals surface area contributed by atoms with Gasteiger partial charge in [0.25, 0.3) is 5.91 Å². The van der Waals surface area contributed by atoms with Crippen LogP contribution in [-0.2, 0) is 4.79 Å². The third-order valence-electron chi connectivity index (χ3n) is 3.10. The molecule has 2 heterocycles. The summed E-state index contributed by atoms with van der Waals surface area (Å²) in [5.41, 5.74) is 7.75. The van der Waals surface area contributed by atoms with Crippen LogP contribution in [-0.4, -0.2) is 22.3 Å². The molecule has 5 nitrogen and oxygen atoms in total. The van der Waals surface area contributed by atoms with Crippen molar-refractivity contribution in [2.75, 3.05) is 6.26 Å². The standard InChI is InChI=1S/C15H10N4OS2/c1-21-13-9(6-16)7-18-11-3-2-8(4-10(11)13)5-12-14(20)19-15(17)22-12/h2-5,7H,1H3,(H2,17,19,20). The van der Waals surface area contributed by atoms with Gasteiger partial charge in [0.2, 0.25) is 0 Å². The maximum Gasteiger partial charge on any atom is 0.286 e. The Morgan fingerprint density at radius 2 is 2.27 bits per heavy atom. The number of nitrogens with zero attached hydrogens (tertiary/aromatic N) is 3. The molecule has 1 amide bonds. The minimum Gasteiger partial charge on any atom is -0.378 e. The minimum absolute atomic E-state index is 0.260. The van der Waals surface area contributed by atoms with Crippen molar-refractivity contribution in [3.63, 3.8) is 0 Å². The smallest absolute Gasteiger partial charge is 0.286 e. The minimum atomic E-state index is -0.323. The Labute approximate surface area is 135 Å². The monoisotopic (exact) mass is 326 g/mol. The molecule has 0 bridgehead atoms. The molecule has 22 heavy (non-hydrogen) atoms. The Hall–Kier alpha value is -2.30. The van der Waals surface area contributed by atoms with Gasteiger partial charge < -0.3 is 5.73 Å². The molecule has 7 heteroatoms. The molecule has 0 fully saturated rings. The summed E-state index contributed by atoms with van der Waals surface area (Å²) in [5.74, 6) is -0.323. The number of amidine groups is 1. The molecule has 0 aliphatic carbocycles. The third-order valence-corrected chi connectivity index (χ3v) is 4.76. The highest BCUT2D eigenvalue weighted by Gasteiger charge is 2.19. The molecule has 3 rings (SSSR count). The average Bonchev–Trinajstić information content (AvgIpc) is 2.83. The predicted molar refractivity (Wildman–Crippen MR) is 90.4 cm³/mol. The lowest BCUT2D eigenvalue weighted by molar-refractivity contribution is -0.113. The number of nitriles is 1. The fourth-order valence-electron chi connectivity index (χ4n) is 2.15. The lowest BCUT2D eigenvalue weighted by Crippen LogP contribution is -2.01. The van der Waals surface area contributed by atoms with Gasteiger partial charge in [0.05, 0.1) is 16.0 Å². The van der Waals surface area contributed by atoms with Gasteiger partial charge in [0.1, 0.15) is 6.07 Å². The lowest BCUT2D eigenvalue weighted by atomic mass is 10.1. The lowest BCUT2D eigenvalue weighted by Gasteiger charge is -2.06. The highest BCUT2D eigenvalue weighted by Crippen LogP contribution is 2.31. The van der Waals surface area contributed by atoms with Crippen molar-refractivity contribution in [3.8, 4) is 6.07 Å². The number of fused-ring (bicyclic) bond motifs is 1. The first-order valence-electron chi connectivity index (χ1n) is 6.27. The zero-order valence-electron chi connectivity index (χ0n) is 11.5. The number of pyridine rings is 1. The second kappa shape index (κ2) is 5.83. The molecule has 0 saturated carbocycles. The molecule has 108 valence electrons. The maximum absolute atomic E-state index is 11.7. The van der Waals surface area contributed by atoms with Gasteiger partial charge in [-0.2, -0.15) is 10.3 Å². The summed E-state index contributed by atoms with van der Waals surface area (Å²) >= 11 is 2.66. The van der Waals surface area contributed by atoms with Crippen molar-refractivity contribution in [2.45, 2.75) is 4.90 Å². The van der Waals surface area contributed by atoms with Gasteiger partial charge in [0, 0.05) is 16.5 Å². The Bertz CT molecular complexity index is 896. The van der Waals surface area contributed by atoms with Crippen LogP contribution >= 0.6 is 23.5 Å². The fraction of sp³-hybridized carbons (Fsp3) is 0.0667. The van der Waals surface area contributed by atoms with Gasteiger partial charge in [-0.25, -0.2) is 0 Å². The molecular weight excluding hydrogens is 316 g/mol. The van der Waals surface area contributed by atoms with E-state index >= 15 is 0 Å². The first-order chi connectivity index (χ1) is 10.6. The van der Waals surface area contributed by atoms with Crippen molar-refractivity contribution in [1.29, 1.82) is 5.26 Å². The van der Waals surface area contributed by atoms with Crippen LogP contribution < -0.4 is 5.73 Å². The Morgan fingerprint density at radius 1 is 1.45 bits per heavy atom. The largest absolute Gasteiger partial charge is 0.378 e. The quantitative estimate of drug-likeness (QED) is 0.674. The zero-order chi connectivity index (χ0) is 15.7. The molecular formula is C15H10N4OS2. The van der Waals surface area contributed by atoms with E-state index in [1.165, 1.54) is 11.8 Å². The highest BCUT2D eigenvalue weighted by atomic mass is 32.2. The number of aromatic nitrogens is 1. The van der Waals surface area contributed by atoms with Gasteiger partial charge in [0.15, 0.2) is 5.17 Å². The number of hydrogen-bond donors (Lipinski definition) is 1. The molecule has 0 atom stereocenters. The normalized spacial score (nSPS) is 16.1. The van der Waals surface area contributed by atoms with Crippen LogP contribution in [0, 0.1) is 11.3 Å². The molecule has 0 spiro atoms. The second-order valence-electron chi connectivity index (χ2n) is 4.46. The summed E-state index contributed by atoms with van der Waals surface area (Å²) in [6.07, 6.45) is 5.25. The molecule has 0 saturated heterocycles. The first-order valence-corrected chi connectivity index (χ1v) is 8.31. The Morgan fingerprint density at radius 3 is 2.91 bits per heavy atom. The summed E-state index contributed by atoms with van der Waals surface area (Å²) in [4.78, 5) is 21.0. The summed E-state index contributed by atoms with van der Waals surface area (Å²) in [6.45, 7) is 0. The number of aliphatic imine (C=N–C) groups is 1. The van der Waals surface area contributed by atoms with E-state index in [1.54, 1.807) is 12.3 Å². The number of nitrogens with two attached hydrogens (primary N) is 1. The number of thioether (sulfide) groups is 2. The van der Waals surface area contributed by atoms with E-state index in [4.69, 9.17) is 5.73 Å². The van der Waals surface area contributed by atoms with Crippen molar-refractivity contribution >= 4 is 51.6 Å². The van der Waals surface area contributed by atoms with Crippen LogP contribution in [0.2, 0.25) is 0 Å². The van der Waals surface area contributed by atoms with Crippen molar-refractivity contribution in [2.24, 2.45) is 10.7 Å². The SMILES string of the molecule is CSc1c(C#N)cnc2ccc(C=C3SC(N)=NC3=O)cc12. The number of hydrogen-bond acceptors (Lipinski definition) is 6. The van der Waals surface area contributed by atoms with Crippen molar-refractivity contribution < 1.29 is 4.79 Å². The average molecular weight is 326 g/mol.